The Hall–Kier alpha value is -4.13. The van der Waals surface area contributed by atoms with E-state index in [1.54, 1.807) is 0 Å². The first-order valence-corrected chi connectivity index (χ1v) is 11.7. The van der Waals surface area contributed by atoms with Crippen LogP contribution in [0.15, 0.2) is 78.9 Å². The molecule has 3 aromatic rings. The average molecular weight is 471 g/mol. The normalized spacial score (nSPS) is 17.0. The summed E-state index contributed by atoms with van der Waals surface area (Å²) >= 11 is 0. The molecule has 178 valence electrons. The van der Waals surface area contributed by atoms with E-state index in [4.69, 9.17) is 4.74 Å². The SMILES string of the molecule is O=C(NC(Cc1ccccc1)C(=O)N1CCC1C(=O)O)OCC1c2ccccc2-c2ccccc21. The second-order valence-corrected chi connectivity index (χ2v) is 8.89. The molecule has 5 rings (SSSR count). The van der Waals surface area contributed by atoms with E-state index in [1.807, 2.05) is 66.7 Å². The molecule has 3 aromatic carbocycles. The van der Waals surface area contributed by atoms with Gasteiger partial charge in [0, 0.05) is 18.9 Å². The number of benzene rings is 3. The fourth-order valence-electron chi connectivity index (χ4n) is 4.94. The second kappa shape index (κ2) is 9.62. The molecule has 2 aliphatic rings. The monoisotopic (exact) mass is 470 g/mol. The first-order valence-electron chi connectivity index (χ1n) is 11.7. The number of fused-ring (bicyclic) bond motifs is 3. The van der Waals surface area contributed by atoms with Gasteiger partial charge in [0.05, 0.1) is 0 Å². The zero-order valence-electron chi connectivity index (χ0n) is 19.1. The van der Waals surface area contributed by atoms with E-state index < -0.39 is 30.1 Å². The van der Waals surface area contributed by atoms with Crippen molar-refractivity contribution >= 4 is 18.0 Å². The summed E-state index contributed by atoms with van der Waals surface area (Å²) in [5, 5.41) is 12.1. The third-order valence-electron chi connectivity index (χ3n) is 6.80. The number of rotatable bonds is 7. The Labute approximate surface area is 203 Å². The molecule has 1 aliphatic carbocycles. The number of nitrogens with one attached hydrogen (secondary N) is 1. The molecule has 0 saturated carbocycles. The van der Waals surface area contributed by atoms with E-state index in [9.17, 15) is 19.5 Å². The summed E-state index contributed by atoms with van der Waals surface area (Å²) in [5.74, 6) is -1.55. The Morgan fingerprint density at radius 3 is 2.09 bits per heavy atom. The van der Waals surface area contributed by atoms with Gasteiger partial charge in [-0.2, -0.15) is 0 Å². The highest BCUT2D eigenvalue weighted by Gasteiger charge is 2.41. The maximum Gasteiger partial charge on any atom is 0.407 e. The molecule has 35 heavy (non-hydrogen) atoms. The molecule has 2 N–H and O–H groups in total. The number of amides is 2. The van der Waals surface area contributed by atoms with Gasteiger partial charge in [0.2, 0.25) is 5.91 Å². The first-order chi connectivity index (χ1) is 17.0. The second-order valence-electron chi connectivity index (χ2n) is 8.89. The van der Waals surface area contributed by atoms with Crippen molar-refractivity contribution in [2.75, 3.05) is 13.2 Å². The summed E-state index contributed by atoms with van der Waals surface area (Å²) in [6, 6.07) is 23.7. The van der Waals surface area contributed by atoms with Gasteiger partial charge in [0.25, 0.3) is 0 Å². The lowest BCUT2D eigenvalue weighted by atomic mass is 9.98. The number of likely N-dealkylation sites (tertiary alicyclic amines) is 1. The highest BCUT2D eigenvalue weighted by Crippen LogP contribution is 2.44. The Morgan fingerprint density at radius 2 is 1.51 bits per heavy atom. The molecule has 1 heterocycles. The molecule has 0 spiro atoms. The van der Waals surface area contributed by atoms with Crippen LogP contribution >= 0.6 is 0 Å². The Morgan fingerprint density at radius 1 is 0.914 bits per heavy atom. The van der Waals surface area contributed by atoms with E-state index in [-0.39, 0.29) is 18.9 Å². The third kappa shape index (κ3) is 4.49. The van der Waals surface area contributed by atoms with Gasteiger partial charge in [-0.25, -0.2) is 9.59 Å². The molecule has 0 aromatic heterocycles. The minimum absolute atomic E-state index is 0.0943. The fourth-order valence-corrected chi connectivity index (χ4v) is 4.94. The van der Waals surface area contributed by atoms with Gasteiger partial charge < -0.3 is 20.1 Å². The molecule has 1 saturated heterocycles. The number of carboxylic acids is 1. The average Bonchev–Trinajstić information content (AvgIpc) is 3.15. The van der Waals surface area contributed by atoms with Crippen molar-refractivity contribution in [1.29, 1.82) is 0 Å². The maximum absolute atomic E-state index is 13.2. The highest BCUT2D eigenvalue weighted by molar-refractivity contribution is 5.91. The molecule has 0 radical (unpaired) electrons. The van der Waals surface area contributed by atoms with Crippen LogP contribution in [0.2, 0.25) is 0 Å². The highest BCUT2D eigenvalue weighted by atomic mass is 16.5. The third-order valence-corrected chi connectivity index (χ3v) is 6.80. The van der Waals surface area contributed by atoms with E-state index in [1.165, 1.54) is 4.90 Å². The quantitative estimate of drug-likeness (QED) is 0.547. The number of carbonyl (C=O) groups is 3. The number of ether oxygens (including phenoxy) is 1. The van der Waals surface area contributed by atoms with Crippen LogP contribution in [-0.2, 0) is 20.7 Å². The Balaban J connectivity index is 1.30. The van der Waals surface area contributed by atoms with Gasteiger partial charge in [-0.3, -0.25) is 4.79 Å². The van der Waals surface area contributed by atoms with E-state index in [0.717, 1.165) is 27.8 Å². The molecule has 0 bridgehead atoms. The van der Waals surface area contributed by atoms with Crippen molar-refractivity contribution in [2.45, 2.75) is 30.8 Å². The topological polar surface area (TPSA) is 95.9 Å². The summed E-state index contributed by atoms with van der Waals surface area (Å²) in [5.41, 5.74) is 5.32. The smallest absolute Gasteiger partial charge is 0.407 e. The van der Waals surface area contributed by atoms with E-state index in [2.05, 4.69) is 17.4 Å². The molecule has 2 atom stereocenters. The summed E-state index contributed by atoms with van der Waals surface area (Å²) < 4.78 is 5.63. The number of aliphatic carboxylic acids is 1. The van der Waals surface area contributed by atoms with E-state index in [0.29, 0.717) is 13.0 Å². The molecule has 2 amide bonds. The zero-order chi connectivity index (χ0) is 24.4. The largest absolute Gasteiger partial charge is 0.480 e. The minimum Gasteiger partial charge on any atom is -0.480 e. The van der Waals surface area contributed by atoms with Gasteiger partial charge >= 0.3 is 12.1 Å². The summed E-state index contributed by atoms with van der Waals surface area (Å²) in [6.45, 7) is 0.487. The standard InChI is InChI=1S/C28H26N2O5/c31-26(30-15-14-25(30)27(32)33)24(16-18-8-2-1-3-9-18)29-28(34)35-17-23-21-12-6-4-10-19(21)20-11-5-7-13-22(20)23/h1-13,23-25H,14-17H2,(H,29,34)(H,32,33). The summed E-state index contributed by atoms with van der Waals surface area (Å²) in [6.07, 6.45) is -0.0508. The fraction of sp³-hybridized carbons (Fsp3) is 0.250. The van der Waals surface area contributed by atoms with Gasteiger partial charge in [-0.15, -0.1) is 0 Å². The minimum atomic E-state index is -1.04. The molecule has 1 fully saturated rings. The van der Waals surface area contributed by atoms with Gasteiger partial charge in [0.15, 0.2) is 0 Å². The van der Waals surface area contributed by atoms with Gasteiger partial charge in [-0.05, 0) is 34.2 Å². The van der Waals surface area contributed by atoms with Crippen LogP contribution in [0.3, 0.4) is 0 Å². The maximum atomic E-state index is 13.2. The lowest BCUT2D eigenvalue weighted by molar-refractivity contribution is -0.158. The van der Waals surface area contributed by atoms with Crippen molar-refractivity contribution in [1.82, 2.24) is 10.2 Å². The van der Waals surface area contributed by atoms with Gasteiger partial charge in [-0.1, -0.05) is 78.9 Å². The van der Waals surface area contributed by atoms with Crippen LogP contribution in [0.4, 0.5) is 4.79 Å². The number of carboxylic acid groups (broad SMARTS) is 1. The number of alkyl carbamates (subject to hydrolysis) is 1. The van der Waals surface area contributed by atoms with Crippen LogP contribution in [-0.4, -0.2) is 53.2 Å². The predicted molar refractivity (Wildman–Crippen MR) is 130 cm³/mol. The van der Waals surface area contributed by atoms with Crippen LogP contribution in [0.5, 0.6) is 0 Å². The number of nitrogens with zero attached hydrogens (tertiary/aromatic N) is 1. The van der Waals surface area contributed by atoms with Crippen molar-refractivity contribution in [2.24, 2.45) is 0 Å². The van der Waals surface area contributed by atoms with Crippen LogP contribution < -0.4 is 5.32 Å². The van der Waals surface area contributed by atoms with Crippen LogP contribution in [0.25, 0.3) is 11.1 Å². The lowest BCUT2D eigenvalue weighted by Crippen LogP contribution is -2.61. The molecule has 7 heteroatoms. The van der Waals surface area contributed by atoms with Gasteiger partial charge in [0.1, 0.15) is 18.7 Å². The Bertz CT molecular complexity index is 1210. The predicted octanol–water partition coefficient (Wildman–Crippen LogP) is 3.82. The summed E-state index contributed by atoms with van der Waals surface area (Å²) in [7, 11) is 0. The van der Waals surface area contributed by atoms with Crippen molar-refractivity contribution < 1.29 is 24.2 Å². The lowest BCUT2D eigenvalue weighted by Gasteiger charge is -2.40. The Kier molecular flexibility index (Phi) is 6.23. The number of carbonyl (C=O) groups excluding carboxylic acids is 2. The molecule has 2 unspecified atom stereocenters. The molecular weight excluding hydrogens is 444 g/mol. The number of hydrogen-bond donors (Lipinski definition) is 2. The molecule has 1 aliphatic heterocycles. The number of hydrogen-bond acceptors (Lipinski definition) is 4. The zero-order valence-corrected chi connectivity index (χ0v) is 19.1. The molecule has 7 nitrogen and oxygen atoms in total. The van der Waals surface area contributed by atoms with Crippen LogP contribution in [0, 0.1) is 0 Å². The first kappa shape index (κ1) is 22.7. The summed E-state index contributed by atoms with van der Waals surface area (Å²) in [4.78, 5) is 38.8. The molecular formula is C28H26N2O5. The van der Waals surface area contributed by atoms with Crippen LogP contribution in [0.1, 0.15) is 29.0 Å². The van der Waals surface area contributed by atoms with E-state index >= 15 is 0 Å². The van der Waals surface area contributed by atoms with Crippen molar-refractivity contribution in [3.05, 3.63) is 95.6 Å². The van der Waals surface area contributed by atoms with Crippen molar-refractivity contribution in [3.8, 4) is 11.1 Å². The van der Waals surface area contributed by atoms with Crippen molar-refractivity contribution in [3.63, 3.8) is 0 Å².